The van der Waals surface area contributed by atoms with E-state index in [1.165, 1.54) is 29.2 Å². The van der Waals surface area contributed by atoms with Gasteiger partial charge in [0.05, 0.1) is 5.56 Å². The van der Waals surface area contributed by atoms with Crippen LogP contribution in [0.2, 0.25) is 0 Å². The van der Waals surface area contributed by atoms with Gasteiger partial charge in [-0.1, -0.05) is 18.2 Å². The average molecular weight is 384 g/mol. The molecule has 0 saturated carbocycles. The summed E-state index contributed by atoms with van der Waals surface area (Å²) in [5, 5.41) is 12.0. The molecule has 6 nitrogen and oxygen atoms in total. The van der Waals surface area contributed by atoms with Crippen LogP contribution in [-0.2, 0) is 4.79 Å². The fraction of sp³-hybridized carbons (Fsp3) is 0.286. The molecule has 1 aliphatic heterocycles. The summed E-state index contributed by atoms with van der Waals surface area (Å²) in [5.41, 5.74) is 1.26. The number of carboxylic acid groups (broad SMARTS) is 1. The van der Waals surface area contributed by atoms with Crippen molar-refractivity contribution in [1.29, 1.82) is 0 Å². The second kappa shape index (κ2) is 8.21. The minimum atomic E-state index is -1.02. The van der Waals surface area contributed by atoms with E-state index in [1.807, 2.05) is 0 Å². The number of likely N-dealkylation sites (tertiary alicyclic amines) is 1. The van der Waals surface area contributed by atoms with Crippen LogP contribution in [0.5, 0.6) is 0 Å². The molecule has 1 aliphatic rings. The molecule has 2 N–H and O–H groups in total. The summed E-state index contributed by atoms with van der Waals surface area (Å²) in [6.45, 7) is 2.13. The van der Waals surface area contributed by atoms with Crippen LogP contribution >= 0.6 is 0 Å². The Balaban J connectivity index is 1.85. The Hall–Kier alpha value is -3.22. The molecule has 2 aromatic rings. The Bertz CT molecular complexity index is 928. The molecule has 2 aromatic carbocycles. The topological polar surface area (TPSA) is 86.7 Å². The zero-order chi connectivity index (χ0) is 20.3. The van der Waals surface area contributed by atoms with Gasteiger partial charge in [0.1, 0.15) is 11.9 Å². The molecule has 1 atom stereocenters. The van der Waals surface area contributed by atoms with Crippen molar-refractivity contribution in [3.05, 3.63) is 65.0 Å². The highest BCUT2D eigenvalue weighted by Gasteiger charge is 2.32. The van der Waals surface area contributed by atoms with Gasteiger partial charge in [-0.3, -0.25) is 9.59 Å². The van der Waals surface area contributed by atoms with Crippen LogP contribution in [0.15, 0.2) is 42.5 Å². The largest absolute Gasteiger partial charge is 0.480 e. The van der Waals surface area contributed by atoms with Crippen molar-refractivity contribution in [1.82, 2.24) is 4.90 Å². The van der Waals surface area contributed by atoms with Crippen LogP contribution in [0.4, 0.5) is 10.1 Å². The highest BCUT2D eigenvalue weighted by molar-refractivity contribution is 6.06. The number of amides is 2. The number of carbonyl (C=O) groups excluding carboxylic acids is 2. The third-order valence-corrected chi connectivity index (χ3v) is 4.90. The maximum atomic E-state index is 13.8. The average Bonchev–Trinajstić information content (AvgIpc) is 2.69. The predicted octanol–water partition coefficient (Wildman–Crippen LogP) is 3.47. The van der Waals surface area contributed by atoms with Gasteiger partial charge in [-0.15, -0.1) is 0 Å². The molecule has 2 amide bonds. The summed E-state index contributed by atoms with van der Waals surface area (Å²) in [5.74, 6) is -2.67. The number of halogens is 1. The minimum absolute atomic E-state index is 0.0967. The lowest BCUT2D eigenvalue weighted by atomic mass is 10.00. The monoisotopic (exact) mass is 384 g/mol. The van der Waals surface area contributed by atoms with Gasteiger partial charge in [0, 0.05) is 17.8 Å². The summed E-state index contributed by atoms with van der Waals surface area (Å²) in [4.78, 5) is 38.1. The van der Waals surface area contributed by atoms with Crippen LogP contribution in [0.1, 0.15) is 45.5 Å². The van der Waals surface area contributed by atoms with Crippen molar-refractivity contribution in [2.75, 3.05) is 11.9 Å². The number of nitrogens with one attached hydrogen (secondary N) is 1. The fourth-order valence-corrected chi connectivity index (χ4v) is 3.32. The summed E-state index contributed by atoms with van der Waals surface area (Å²) >= 11 is 0. The van der Waals surface area contributed by atoms with Gasteiger partial charge in [0.2, 0.25) is 0 Å². The summed E-state index contributed by atoms with van der Waals surface area (Å²) in [6.07, 6.45) is 1.93. The van der Waals surface area contributed by atoms with Crippen LogP contribution in [0.3, 0.4) is 0 Å². The van der Waals surface area contributed by atoms with Crippen LogP contribution in [0.25, 0.3) is 0 Å². The number of carbonyl (C=O) groups is 3. The smallest absolute Gasteiger partial charge is 0.326 e. The van der Waals surface area contributed by atoms with Gasteiger partial charge >= 0.3 is 5.97 Å². The molecule has 1 saturated heterocycles. The molecule has 7 heteroatoms. The minimum Gasteiger partial charge on any atom is -0.480 e. The molecular weight excluding hydrogens is 363 g/mol. The first kappa shape index (κ1) is 19.5. The van der Waals surface area contributed by atoms with E-state index in [-0.39, 0.29) is 11.1 Å². The number of hydrogen-bond acceptors (Lipinski definition) is 3. The van der Waals surface area contributed by atoms with Crippen molar-refractivity contribution in [2.45, 2.75) is 32.2 Å². The molecule has 3 rings (SSSR count). The molecule has 0 aromatic heterocycles. The lowest BCUT2D eigenvalue weighted by Gasteiger charge is -2.33. The highest BCUT2D eigenvalue weighted by atomic mass is 19.1. The molecule has 28 heavy (non-hydrogen) atoms. The zero-order valence-electron chi connectivity index (χ0n) is 15.4. The molecule has 0 bridgehead atoms. The van der Waals surface area contributed by atoms with Gasteiger partial charge in [-0.05, 0) is 56.0 Å². The molecule has 1 unspecified atom stereocenters. The Morgan fingerprint density at radius 1 is 1.14 bits per heavy atom. The maximum absolute atomic E-state index is 13.8. The SMILES string of the molecule is Cc1ccc(C(=O)N2CCCCC2C(=O)O)cc1NC(=O)c1ccccc1F. The van der Waals surface area contributed by atoms with Crippen molar-refractivity contribution in [3.8, 4) is 0 Å². The Kier molecular flexibility index (Phi) is 5.73. The van der Waals surface area contributed by atoms with Gasteiger partial charge in [0.15, 0.2) is 0 Å². The number of anilines is 1. The van der Waals surface area contributed by atoms with E-state index in [4.69, 9.17) is 0 Å². The van der Waals surface area contributed by atoms with Crippen molar-refractivity contribution in [3.63, 3.8) is 0 Å². The van der Waals surface area contributed by atoms with E-state index in [9.17, 15) is 23.9 Å². The van der Waals surface area contributed by atoms with E-state index >= 15 is 0 Å². The van der Waals surface area contributed by atoms with Crippen molar-refractivity contribution < 1.29 is 23.9 Å². The quantitative estimate of drug-likeness (QED) is 0.845. The van der Waals surface area contributed by atoms with Gasteiger partial charge < -0.3 is 15.3 Å². The number of rotatable bonds is 4. The molecule has 0 spiro atoms. The summed E-state index contributed by atoms with van der Waals surface area (Å²) in [6, 6.07) is 9.56. The predicted molar refractivity (Wildman–Crippen MR) is 102 cm³/mol. The van der Waals surface area contributed by atoms with Crippen LogP contribution in [0, 0.1) is 12.7 Å². The normalized spacial score (nSPS) is 16.5. The summed E-state index contributed by atoms with van der Waals surface area (Å²) in [7, 11) is 0. The lowest BCUT2D eigenvalue weighted by molar-refractivity contribution is -0.143. The second-order valence-electron chi connectivity index (χ2n) is 6.81. The number of aliphatic carboxylic acids is 1. The zero-order valence-corrected chi connectivity index (χ0v) is 15.4. The first-order valence-corrected chi connectivity index (χ1v) is 9.09. The number of nitrogens with zero attached hydrogens (tertiary/aromatic N) is 1. The molecule has 146 valence electrons. The van der Waals surface area contributed by atoms with Gasteiger partial charge in [-0.25, -0.2) is 9.18 Å². The van der Waals surface area contributed by atoms with E-state index in [0.717, 1.165) is 12.8 Å². The lowest BCUT2D eigenvalue weighted by Crippen LogP contribution is -2.48. The number of hydrogen-bond donors (Lipinski definition) is 2. The fourth-order valence-electron chi connectivity index (χ4n) is 3.32. The highest BCUT2D eigenvalue weighted by Crippen LogP contribution is 2.23. The van der Waals surface area contributed by atoms with E-state index < -0.39 is 29.6 Å². The second-order valence-corrected chi connectivity index (χ2v) is 6.81. The molecule has 0 aliphatic carbocycles. The van der Waals surface area contributed by atoms with E-state index in [2.05, 4.69) is 5.32 Å². The molecule has 0 radical (unpaired) electrons. The standard InChI is InChI=1S/C21H21FN2O4/c1-13-9-10-14(20(26)24-11-5-4-8-18(24)21(27)28)12-17(13)23-19(25)15-6-2-3-7-16(15)22/h2-3,6-7,9-10,12,18H,4-5,8,11H2,1H3,(H,23,25)(H,27,28). The van der Waals surface area contributed by atoms with Crippen LogP contribution in [-0.4, -0.2) is 40.4 Å². The Morgan fingerprint density at radius 3 is 2.61 bits per heavy atom. The maximum Gasteiger partial charge on any atom is 0.326 e. The third kappa shape index (κ3) is 4.03. The molecule has 1 fully saturated rings. The first-order chi connectivity index (χ1) is 13.4. The number of aryl methyl sites for hydroxylation is 1. The third-order valence-electron chi connectivity index (χ3n) is 4.90. The molecule has 1 heterocycles. The van der Waals surface area contributed by atoms with Gasteiger partial charge in [-0.2, -0.15) is 0 Å². The Morgan fingerprint density at radius 2 is 1.89 bits per heavy atom. The first-order valence-electron chi connectivity index (χ1n) is 9.09. The van der Waals surface area contributed by atoms with Crippen molar-refractivity contribution >= 4 is 23.5 Å². The van der Waals surface area contributed by atoms with Crippen LogP contribution < -0.4 is 5.32 Å². The van der Waals surface area contributed by atoms with Crippen molar-refractivity contribution in [2.24, 2.45) is 0 Å². The summed E-state index contributed by atoms with van der Waals surface area (Å²) < 4.78 is 13.8. The number of piperidine rings is 1. The Labute approximate surface area is 162 Å². The number of carboxylic acids is 1. The number of benzene rings is 2. The molecular formula is C21H21FN2O4. The van der Waals surface area contributed by atoms with E-state index in [1.54, 1.807) is 25.1 Å². The van der Waals surface area contributed by atoms with Gasteiger partial charge in [0.25, 0.3) is 11.8 Å². The van der Waals surface area contributed by atoms with E-state index in [0.29, 0.717) is 24.2 Å².